The van der Waals surface area contributed by atoms with E-state index in [0.29, 0.717) is 28.5 Å². The first kappa shape index (κ1) is 21.2. The molecule has 0 bridgehead atoms. The van der Waals surface area contributed by atoms with Gasteiger partial charge < -0.3 is 14.4 Å². The second-order valence-corrected chi connectivity index (χ2v) is 7.64. The van der Waals surface area contributed by atoms with Crippen molar-refractivity contribution in [2.45, 2.75) is 0 Å². The van der Waals surface area contributed by atoms with Gasteiger partial charge in [0.1, 0.15) is 4.88 Å². The predicted octanol–water partition coefficient (Wildman–Crippen LogP) is 4.33. The van der Waals surface area contributed by atoms with Gasteiger partial charge >= 0.3 is 5.97 Å². The smallest absolute Gasteiger partial charge is 0.353 e. The number of amides is 1. The summed E-state index contributed by atoms with van der Waals surface area (Å²) in [4.78, 5) is 27.1. The van der Waals surface area contributed by atoms with Crippen molar-refractivity contribution in [2.75, 3.05) is 18.6 Å². The van der Waals surface area contributed by atoms with Crippen LogP contribution in [-0.4, -0.2) is 37.5 Å². The molecule has 1 amide bonds. The maximum Gasteiger partial charge on any atom is 0.353 e. The number of ether oxygens (including phenoxy) is 2. The van der Waals surface area contributed by atoms with Gasteiger partial charge in [-0.3, -0.25) is 4.79 Å². The SMILES string of the molecule is C=CCN1C(=O)C(=NN=Cc2ccc(OC(=O)c3cccs3)c(OC)c2)c2ccccc21. The predicted molar refractivity (Wildman–Crippen MR) is 125 cm³/mol. The molecule has 1 aromatic heterocycles. The molecular weight excluding hydrogens is 426 g/mol. The number of thiophene rings is 1. The third-order valence-electron chi connectivity index (χ3n) is 4.69. The molecule has 2 heterocycles. The summed E-state index contributed by atoms with van der Waals surface area (Å²) in [5.41, 5.74) is 2.45. The number of fused-ring (bicyclic) bond motifs is 1. The highest BCUT2D eigenvalue weighted by Crippen LogP contribution is 2.30. The van der Waals surface area contributed by atoms with E-state index in [1.165, 1.54) is 24.7 Å². The van der Waals surface area contributed by atoms with E-state index < -0.39 is 5.97 Å². The van der Waals surface area contributed by atoms with E-state index in [4.69, 9.17) is 9.47 Å². The average molecular weight is 446 g/mol. The van der Waals surface area contributed by atoms with Crippen molar-refractivity contribution in [1.82, 2.24) is 0 Å². The van der Waals surface area contributed by atoms with E-state index >= 15 is 0 Å². The number of nitrogens with zero attached hydrogens (tertiary/aromatic N) is 3. The number of esters is 1. The second-order valence-electron chi connectivity index (χ2n) is 6.69. The monoisotopic (exact) mass is 445 g/mol. The maximum absolute atomic E-state index is 12.7. The molecular formula is C24H19N3O4S. The normalized spacial score (nSPS) is 14.1. The van der Waals surface area contributed by atoms with Gasteiger partial charge in [0.2, 0.25) is 0 Å². The topological polar surface area (TPSA) is 80.6 Å². The number of para-hydroxylation sites is 1. The Morgan fingerprint density at radius 2 is 2.00 bits per heavy atom. The number of rotatable bonds is 7. The summed E-state index contributed by atoms with van der Waals surface area (Å²) in [7, 11) is 1.49. The molecule has 32 heavy (non-hydrogen) atoms. The van der Waals surface area contributed by atoms with Gasteiger partial charge in [0.15, 0.2) is 17.2 Å². The molecule has 7 nitrogen and oxygen atoms in total. The number of methoxy groups -OCH3 is 1. The van der Waals surface area contributed by atoms with E-state index in [1.54, 1.807) is 46.7 Å². The molecule has 0 atom stereocenters. The Morgan fingerprint density at radius 3 is 2.75 bits per heavy atom. The lowest BCUT2D eigenvalue weighted by molar-refractivity contribution is -0.112. The van der Waals surface area contributed by atoms with Gasteiger partial charge in [0.25, 0.3) is 5.91 Å². The number of hydrogen-bond donors (Lipinski definition) is 0. The van der Waals surface area contributed by atoms with Crippen LogP contribution < -0.4 is 14.4 Å². The van der Waals surface area contributed by atoms with Crippen LogP contribution in [0.2, 0.25) is 0 Å². The lowest BCUT2D eigenvalue weighted by Gasteiger charge is -2.13. The van der Waals surface area contributed by atoms with Gasteiger partial charge in [-0.1, -0.05) is 30.3 Å². The molecule has 3 aromatic rings. The first-order valence-electron chi connectivity index (χ1n) is 9.69. The summed E-state index contributed by atoms with van der Waals surface area (Å²) in [6.45, 7) is 4.10. The number of anilines is 1. The lowest BCUT2D eigenvalue weighted by atomic mass is 10.1. The Kier molecular flexibility index (Phi) is 6.23. The first-order valence-corrected chi connectivity index (χ1v) is 10.6. The molecule has 4 rings (SSSR count). The summed E-state index contributed by atoms with van der Waals surface area (Å²) in [5.74, 6) is 0.00515. The van der Waals surface area contributed by atoms with Crippen LogP contribution in [0.5, 0.6) is 11.5 Å². The van der Waals surface area contributed by atoms with E-state index in [1.807, 2.05) is 24.3 Å². The molecule has 0 radical (unpaired) electrons. The van der Waals surface area contributed by atoms with Crippen molar-refractivity contribution in [2.24, 2.45) is 10.2 Å². The van der Waals surface area contributed by atoms with Crippen molar-refractivity contribution in [1.29, 1.82) is 0 Å². The third-order valence-corrected chi connectivity index (χ3v) is 5.54. The third kappa shape index (κ3) is 4.21. The van der Waals surface area contributed by atoms with Crippen LogP contribution in [0.3, 0.4) is 0 Å². The molecule has 0 unspecified atom stereocenters. The van der Waals surface area contributed by atoms with Crippen LogP contribution >= 0.6 is 11.3 Å². The van der Waals surface area contributed by atoms with Gasteiger partial charge in [-0.2, -0.15) is 5.10 Å². The number of carbonyl (C=O) groups is 2. The molecule has 160 valence electrons. The summed E-state index contributed by atoms with van der Waals surface area (Å²) in [5, 5.41) is 10.1. The van der Waals surface area contributed by atoms with Crippen molar-refractivity contribution in [3.63, 3.8) is 0 Å². The minimum atomic E-state index is -0.450. The molecule has 8 heteroatoms. The first-order chi connectivity index (χ1) is 15.6. The minimum Gasteiger partial charge on any atom is -0.493 e. The van der Waals surface area contributed by atoms with Crippen LogP contribution in [-0.2, 0) is 4.79 Å². The zero-order valence-electron chi connectivity index (χ0n) is 17.2. The Morgan fingerprint density at radius 1 is 1.16 bits per heavy atom. The van der Waals surface area contributed by atoms with Gasteiger partial charge in [0, 0.05) is 12.1 Å². The molecule has 0 fully saturated rings. The Bertz CT molecular complexity index is 1230. The van der Waals surface area contributed by atoms with Crippen LogP contribution in [0, 0.1) is 0 Å². The molecule has 0 saturated carbocycles. The fourth-order valence-electron chi connectivity index (χ4n) is 3.22. The van der Waals surface area contributed by atoms with Crippen molar-refractivity contribution >= 4 is 40.8 Å². The van der Waals surface area contributed by atoms with Crippen LogP contribution in [0.4, 0.5) is 5.69 Å². The van der Waals surface area contributed by atoms with Crippen molar-refractivity contribution in [3.05, 3.63) is 88.6 Å². The van der Waals surface area contributed by atoms with Crippen LogP contribution in [0.25, 0.3) is 0 Å². The zero-order valence-corrected chi connectivity index (χ0v) is 18.0. The van der Waals surface area contributed by atoms with E-state index in [9.17, 15) is 9.59 Å². The maximum atomic E-state index is 12.7. The molecule has 0 saturated heterocycles. The van der Waals surface area contributed by atoms with E-state index in [-0.39, 0.29) is 11.6 Å². The van der Waals surface area contributed by atoms with Gasteiger partial charge in [-0.15, -0.1) is 23.0 Å². The fraction of sp³-hybridized carbons (Fsp3) is 0.0833. The summed E-state index contributed by atoms with van der Waals surface area (Å²) in [6.07, 6.45) is 3.17. The highest BCUT2D eigenvalue weighted by Gasteiger charge is 2.33. The van der Waals surface area contributed by atoms with E-state index in [2.05, 4.69) is 16.8 Å². The summed E-state index contributed by atoms with van der Waals surface area (Å²) < 4.78 is 10.8. The van der Waals surface area contributed by atoms with Gasteiger partial charge in [-0.25, -0.2) is 4.79 Å². The summed E-state index contributed by atoms with van der Waals surface area (Å²) >= 11 is 1.30. The zero-order chi connectivity index (χ0) is 22.5. The van der Waals surface area contributed by atoms with Gasteiger partial charge in [0.05, 0.1) is 19.0 Å². The Hall–Kier alpha value is -4.04. The van der Waals surface area contributed by atoms with Crippen LogP contribution in [0.15, 0.2) is 82.8 Å². The lowest BCUT2D eigenvalue weighted by Crippen LogP contribution is -2.30. The molecule has 1 aliphatic heterocycles. The number of hydrogen-bond acceptors (Lipinski definition) is 7. The quantitative estimate of drug-likeness (QED) is 0.178. The summed E-state index contributed by atoms with van der Waals surface area (Å²) in [6, 6.07) is 15.9. The molecule has 0 N–H and O–H groups in total. The Balaban J connectivity index is 1.55. The molecule has 0 aliphatic carbocycles. The standard InChI is InChI=1S/C24H19N3O4S/c1-3-12-27-18-8-5-4-7-17(18)22(23(27)28)26-25-15-16-10-11-19(20(14-16)30-2)31-24(29)21-9-6-13-32-21/h3-11,13-15H,1,12H2,2H3. The second kappa shape index (κ2) is 9.40. The molecule has 1 aliphatic rings. The van der Waals surface area contributed by atoms with E-state index in [0.717, 1.165) is 11.3 Å². The van der Waals surface area contributed by atoms with Gasteiger partial charge in [-0.05, 0) is 41.3 Å². The highest BCUT2D eigenvalue weighted by atomic mass is 32.1. The fourth-order valence-corrected chi connectivity index (χ4v) is 3.81. The largest absolute Gasteiger partial charge is 0.493 e. The van der Waals surface area contributed by atoms with Crippen molar-refractivity contribution < 1.29 is 19.1 Å². The highest BCUT2D eigenvalue weighted by molar-refractivity contribution is 7.12. The molecule has 2 aromatic carbocycles. The van der Waals surface area contributed by atoms with Crippen LogP contribution in [0.1, 0.15) is 20.8 Å². The minimum absolute atomic E-state index is 0.225. The number of carbonyl (C=O) groups excluding carboxylic acids is 2. The van der Waals surface area contributed by atoms with Crippen molar-refractivity contribution in [3.8, 4) is 11.5 Å². The average Bonchev–Trinajstić information content (AvgIpc) is 3.44. The Labute approximate surface area is 188 Å². The number of benzene rings is 2. The molecule has 0 spiro atoms.